The molecule has 1 amide bonds. The highest BCUT2D eigenvalue weighted by Gasteiger charge is 2.03. The van der Waals surface area contributed by atoms with Crippen molar-refractivity contribution in [1.29, 1.82) is 0 Å². The molecule has 0 aliphatic heterocycles. The van der Waals surface area contributed by atoms with E-state index in [1.807, 2.05) is 0 Å². The summed E-state index contributed by atoms with van der Waals surface area (Å²) in [6, 6.07) is 7.03. The maximum Gasteiger partial charge on any atom is 0.330 e. The Kier molecular flexibility index (Phi) is 8.09. The maximum absolute atomic E-state index is 11.6. The molecule has 0 saturated carbocycles. The first-order valence-corrected chi connectivity index (χ1v) is 7.26. The summed E-state index contributed by atoms with van der Waals surface area (Å²) in [4.78, 5) is 22.6. The zero-order valence-electron chi connectivity index (χ0n) is 12.7. The fourth-order valence-corrected chi connectivity index (χ4v) is 1.66. The molecule has 0 unspecified atom stereocenters. The highest BCUT2D eigenvalue weighted by Crippen LogP contribution is 2.15. The van der Waals surface area contributed by atoms with Crippen molar-refractivity contribution in [1.82, 2.24) is 5.32 Å². The van der Waals surface area contributed by atoms with Gasteiger partial charge in [0.1, 0.15) is 12.4 Å². The third-order valence-corrected chi connectivity index (χ3v) is 2.58. The van der Waals surface area contributed by atoms with E-state index in [0.29, 0.717) is 18.0 Å². The van der Waals surface area contributed by atoms with Gasteiger partial charge < -0.3 is 14.8 Å². The number of amides is 1. The Morgan fingerprint density at radius 2 is 1.96 bits per heavy atom. The van der Waals surface area contributed by atoms with Crippen LogP contribution in [0.2, 0.25) is 0 Å². The van der Waals surface area contributed by atoms with E-state index in [4.69, 9.17) is 17.0 Å². The van der Waals surface area contributed by atoms with Gasteiger partial charge in [-0.2, -0.15) is 0 Å². The summed E-state index contributed by atoms with van der Waals surface area (Å²) in [5.74, 6) is -0.416. The van der Waals surface area contributed by atoms with Crippen LogP contribution < -0.4 is 15.4 Å². The molecule has 0 saturated heterocycles. The molecule has 1 aromatic carbocycles. The Bertz CT molecular complexity index is 597. The van der Waals surface area contributed by atoms with E-state index in [1.165, 1.54) is 0 Å². The Morgan fingerprint density at radius 3 is 2.57 bits per heavy atom. The zero-order chi connectivity index (χ0) is 17.1. The summed E-state index contributed by atoms with van der Waals surface area (Å²) < 4.78 is 10.0. The first-order valence-electron chi connectivity index (χ1n) is 6.85. The molecule has 0 bridgehead atoms. The lowest BCUT2D eigenvalue weighted by molar-refractivity contribution is -0.137. The van der Waals surface area contributed by atoms with Crippen LogP contribution in [0.4, 0.5) is 5.69 Å². The molecule has 0 spiro atoms. The number of carbonyl (C=O) groups is 2. The highest BCUT2D eigenvalue weighted by molar-refractivity contribution is 7.80. The van der Waals surface area contributed by atoms with E-state index in [0.717, 1.165) is 12.2 Å². The minimum Gasteiger partial charge on any atom is -0.490 e. The second-order valence-corrected chi connectivity index (χ2v) is 4.56. The van der Waals surface area contributed by atoms with Gasteiger partial charge in [-0.1, -0.05) is 12.7 Å². The van der Waals surface area contributed by atoms with Gasteiger partial charge in [0, 0.05) is 17.8 Å². The number of rotatable bonds is 7. The van der Waals surface area contributed by atoms with Crippen molar-refractivity contribution in [3.8, 4) is 5.75 Å². The van der Waals surface area contributed by atoms with E-state index < -0.39 is 11.9 Å². The summed E-state index contributed by atoms with van der Waals surface area (Å²) in [6.45, 7) is 5.92. The monoisotopic (exact) mass is 334 g/mol. The lowest BCUT2D eigenvalue weighted by atomic mass is 10.3. The average Bonchev–Trinajstić information content (AvgIpc) is 2.52. The minimum atomic E-state index is -0.586. The Hall–Kier alpha value is -2.67. The molecule has 23 heavy (non-hydrogen) atoms. The summed E-state index contributed by atoms with van der Waals surface area (Å²) in [5.41, 5.74) is 0.690. The largest absolute Gasteiger partial charge is 0.490 e. The fourth-order valence-electron chi connectivity index (χ4n) is 1.44. The Morgan fingerprint density at radius 1 is 1.26 bits per heavy atom. The second kappa shape index (κ2) is 10.1. The van der Waals surface area contributed by atoms with Crippen molar-refractivity contribution in [2.24, 2.45) is 0 Å². The topological polar surface area (TPSA) is 76.7 Å². The lowest BCUT2D eigenvalue weighted by Crippen LogP contribution is -2.32. The number of hydrogen-bond donors (Lipinski definition) is 2. The normalized spacial score (nSPS) is 9.96. The highest BCUT2D eigenvalue weighted by atomic mass is 32.1. The molecular formula is C16H18N2O4S. The van der Waals surface area contributed by atoms with Gasteiger partial charge in [-0.05, 0) is 43.4 Å². The molecule has 2 N–H and O–H groups in total. The zero-order valence-corrected chi connectivity index (χ0v) is 13.5. The summed E-state index contributed by atoms with van der Waals surface area (Å²) in [7, 11) is 0. The van der Waals surface area contributed by atoms with E-state index in [1.54, 1.807) is 37.3 Å². The standard InChI is InChI=1S/C16H18N2O4S/c1-3-11-22-13-7-5-12(6-8-13)17-16(23)18-14(19)9-10-15(20)21-4-2/h3,5-10H,1,4,11H2,2H3,(H2,17,18,19,23)/b10-9+. The van der Waals surface area contributed by atoms with E-state index in [-0.39, 0.29) is 11.7 Å². The van der Waals surface area contributed by atoms with Crippen molar-refractivity contribution < 1.29 is 19.1 Å². The van der Waals surface area contributed by atoms with Crippen LogP contribution in [0.5, 0.6) is 5.75 Å². The summed E-state index contributed by atoms with van der Waals surface area (Å²) in [5, 5.41) is 5.37. The number of benzene rings is 1. The van der Waals surface area contributed by atoms with Gasteiger partial charge in [-0.3, -0.25) is 10.1 Å². The number of ether oxygens (including phenoxy) is 2. The van der Waals surface area contributed by atoms with E-state index in [2.05, 4.69) is 21.9 Å². The molecular weight excluding hydrogens is 316 g/mol. The predicted octanol–water partition coefficient (Wildman–Crippen LogP) is 2.18. The van der Waals surface area contributed by atoms with Crippen LogP contribution in [0.15, 0.2) is 49.1 Å². The van der Waals surface area contributed by atoms with Crippen LogP contribution >= 0.6 is 12.2 Å². The maximum atomic E-state index is 11.6. The van der Waals surface area contributed by atoms with Gasteiger partial charge in [0.2, 0.25) is 5.91 Å². The summed E-state index contributed by atoms with van der Waals surface area (Å²) >= 11 is 5.01. The number of esters is 1. The molecule has 6 nitrogen and oxygen atoms in total. The number of thiocarbonyl (C=S) groups is 1. The quantitative estimate of drug-likeness (QED) is 0.344. The molecule has 0 aromatic heterocycles. The van der Waals surface area contributed by atoms with Gasteiger partial charge in [0.15, 0.2) is 5.11 Å². The van der Waals surface area contributed by atoms with Crippen molar-refractivity contribution in [2.75, 3.05) is 18.5 Å². The van der Waals surface area contributed by atoms with Crippen LogP contribution in [-0.4, -0.2) is 30.2 Å². The van der Waals surface area contributed by atoms with Gasteiger partial charge in [-0.25, -0.2) is 4.79 Å². The predicted molar refractivity (Wildman–Crippen MR) is 92.3 cm³/mol. The lowest BCUT2D eigenvalue weighted by Gasteiger charge is -2.09. The van der Waals surface area contributed by atoms with E-state index in [9.17, 15) is 9.59 Å². The molecule has 1 aromatic rings. The molecule has 0 fully saturated rings. The van der Waals surface area contributed by atoms with Crippen molar-refractivity contribution >= 4 is 34.9 Å². The van der Waals surface area contributed by atoms with Crippen LogP contribution in [0, 0.1) is 0 Å². The minimum absolute atomic E-state index is 0.114. The third-order valence-electron chi connectivity index (χ3n) is 2.37. The molecule has 1 rings (SSSR count). The van der Waals surface area contributed by atoms with Crippen molar-refractivity contribution in [3.05, 3.63) is 49.1 Å². The van der Waals surface area contributed by atoms with Crippen LogP contribution in [0.1, 0.15) is 6.92 Å². The molecule has 0 aliphatic rings. The Balaban J connectivity index is 2.45. The Labute approximate surface area is 140 Å². The van der Waals surface area contributed by atoms with Crippen LogP contribution in [0.25, 0.3) is 0 Å². The molecule has 0 heterocycles. The van der Waals surface area contributed by atoms with Crippen molar-refractivity contribution in [3.63, 3.8) is 0 Å². The average molecular weight is 334 g/mol. The number of hydrogen-bond acceptors (Lipinski definition) is 5. The third kappa shape index (κ3) is 7.77. The fraction of sp³-hybridized carbons (Fsp3) is 0.188. The van der Waals surface area contributed by atoms with Gasteiger partial charge >= 0.3 is 5.97 Å². The second-order valence-electron chi connectivity index (χ2n) is 4.15. The molecule has 0 atom stereocenters. The number of carbonyl (C=O) groups excluding carboxylic acids is 2. The number of anilines is 1. The smallest absolute Gasteiger partial charge is 0.330 e. The molecule has 0 radical (unpaired) electrons. The van der Waals surface area contributed by atoms with Crippen molar-refractivity contribution in [2.45, 2.75) is 6.92 Å². The van der Waals surface area contributed by atoms with Crippen LogP contribution in [-0.2, 0) is 14.3 Å². The SMILES string of the molecule is C=CCOc1ccc(NC(=S)NC(=O)/C=C/C(=O)OCC)cc1. The first-order chi connectivity index (χ1) is 11.0. The summed E-state index contributed by atoms with van der Waals surface area (Å²) in [6.07, 6.45) is 3.74. The molecule has 0 aliphatic carbocycles. The van der Waals surface area contributed by atoms with E-state index >= 15 is 0 Å². The molecule has 7 heteroatoms. The van der Waals surface area contributed by atoms with Gasteiger partial charge in [0.25, 0.3) is 0 Å². The van der Waals surface area contributed by atoms with Gasteiger partial charge in [-0.15, -0.1) is 0 Å². The first kappa shape index (κ1) is 18.4. The van der Waals surface area contributed by atoms with Gasteiger partial charge in [0.05, 0.1) is 6.61 Å². The molecule has 122 valence electrons. The number of nitrogens with one attached hydrogen (secondary N) is 2. The van der Waals surface area contributed by atoms with Crippen LogP contribution in [0.3, 0.4) is 0 Å².